The van der Waals surface area contributed by atoms with E-state index in [1.807, 2.05) is 24.3 Å². The molecule has 0 saturated heterocycles. The van der Waals surface area contributed by atoms with Gasteiger partial charge in [0.05, 0.1) is 0 Å². The second-order valence-corrected chi connectivity index (χ2v) is 6.41. The summed E-state index contributed by atoms with van der Waals surface area (Å²) in [5.74, 6) is -0.373. The normalized spacial score (nSPS) is 11.0. The number of rotatable bonds is 4. The number of primary amides is 1. The van der Waals surface area contributed by atoms with E-state index in [0.717, 1.165) is 34.6 Å². The van der Waals surface area contributed by atoms with Gasteiger partial charge in [0, 0.05) is 5.56 Å². The van der Waals surface area contributed by atoms with Crippen molar-refractivity contribution in [3.63, 3.8) is 0 Å². The largest absolute Gasteiger partial charge is 0.366 e. The van der Waals surface area contributed by atoms with Crippen molar-refractivity contribution in [3.8, 4) is 0 Å². The molecule has 0 unspecified atom stereocenters. The van der Waals surface area contributed by atoms with Crippen LogP contribution in [0.2, 0.25) is 0 Å². The molecule has 2 N–H and O–H groups in total. The molecule has 1 amide bonds. The molecule has 0 aliphatic carbocycles. The van der Waals surface area contributed by atoms with Gasteiger partial charge in [-0.3, -0.25) is 4.79 Å². The second-order valence-electron chi connectivity index (χ2n) is 6.41. The summed E-state index contributed by atoms with van der Waals surface area (Å²) < 4.78 is 0. The molecule has 0 aliphatic heterocycles. The third-order valence-electron chi connectivity index (χ3n) is 4.69. The Hall–Kier alpha value is -3.13. The number of fused-ring (bicyclic) bond motifs is 2. The molecule has 2 heteroatoms. The van der Waals surface area contributed by atoms with Crippen molar-refractivity contribution in [1.29, 1.82) is 0 Å². The molecule has 0 saturated carbocycles. The lowest BCUT2D eigenvalue weighted by Gasteiger charge is -2.10. The van der Waals surface area contributed by atoms with Crippen LogP contribution in [0.15, 0.2) is 78.9 Å². The van der Waals surface area contributed by atoms with Gasteiger partial charge in [-0.2, -0.15) is 0 Å². The minimum atomic E-state index is -0.373. The van der Waals surface area contributed by atoms with E-state index in [2.05, 4.69) is 54.6 Å². The Morgan fingerprint density at radius 2 is 1.32 bits per heavy atom. The number of amides is 1. The van der Waals surface area contributed by atoms with E-state index in [0.29, 0.717) is 5.56 Å². The Morgan fingerprint density at radius 3 is 2.04 bits per heavy atom. The maximum absolute atomic E-state index is 12.0. The Morgan fingerprint density at radius 1 is 0.680 bits per heavy atom. The van der Waals surface area contributed by atoms with Crippen molar-refractivity contribution in [2.24, 2.45) is 5.73 Å². The average molecular weight is 325 g/mol. The predicted octanol–water partition coefficient (Wildman–Crippen LogP) is 4.88. The summed E-state index contributed by atoms with van der Waals surface area (Å²) in [7, 11) is 0. The Balaban J connectivity index is 1.80. The van der Waals surface area contributed by atoms with Crippen LogP contribution in [0.4, 0.5) is 0 Å². The molecule has 4 aromatic carbocycles. The van der Waals surface area contributed by atoms with Gasteiger partial charge in [0.25, 0.3) is 0 Å². The Labute approximate surface area is 146 Å². The Kier molecular flexibility index (Phi) is 3.95. The first-order valence-corrected chi connectivity index (χ1v) is 8.50. The zero-order valence-corrected chi connectivity index (χ0v) is 13.9. The highest BCUT2D eigenvalue weighted by atomic mass is 16.1. The molecule has 0 aliphatic rings. The van der Waals surface area contributed by atoms with Crippen molar-refractivity contribution < 1.29 is 4.79 Å². The van der Waals surface area contributed by atoms with Gasteiger partial charge in [0.1, 0.15) is 0 Å². The Bertz CT molecular complexity index is 1070. The molecule has 0 fully saturated rings. The van der Waals surface area contributed by atoms with Crippen LogP contribution in [0.3, 0.4) is 0 Å². The lowest BCUT2D eigenvalue weighted by atomic mass is 9.94. The molecule has 0 spiro atoms. The molecule has 0 bridgehead atoms. The molecule has 2 nitrogen and oxygen atoms in total. The predicted molar refractivity (Wildman–Crippen MR) is 104 cm³/mol. The van der Waals surface area contributed by atoms with Crippen LogP contribution in [0.1, 0.15) is 21.5 Å². The molecular weight excluding hydrogens is 306 g/mol. The number of carbonyl (C=O) groups is 1. The fraction of sp³-hybridized carbons (Fsp3) is 0.0870. The molecular formula is C23H19NO. The number of hydrogen-bond donors (Lipinski definition) is 1. The van der Waals surface area contributed by atoms with E-state index < -0.39 is 0 Å². The van der Waals surface area contributed by atoms with Crippen LogP contribution in [0.5, 0.6) is 0 Å². The van der Waals surface area contributed by atoms with Gasteiger partial charge >= 0.3 is 0 Å². The van der Waals surface area contributed by atoms with E-state index >= 15 is 0 Å². The van der Waals surface area contributed by atoms with E-state index in [1.165, 1.54) is 10.9 Å². The highest BCUT2D eigenvalue weighted by Crippen LogP contribution is 2.27. The monoisotopic (exact) mass is 325 g/mol. The highest BCUT2D eigenvalue weighted by Gasteiger charge is 2.10. The van der Waals surface area contributed by atoms with Gasteiger partial charge < -0.3 is 5.73 Å². The van der Waals surface area contributed by atoms with E-state index in [9.17, 15) is 4.79 Å². The van der Waals surface area contributed by atoms with Crippen LogP contribution in [-0.2, 0) is 12.8 Å². The summed E-state index contributed by atoms with van der Waals surface area (Å²) in [6.07, 6.45) is 1.82. The van der Waals surface area contributed by atoms with Gasteiger partial charge in [-0.25, -0.2) is 0 Å². The molecule has 25 heavy (non-hydrogen) atoms. The third kappa shape index (κ3) is 3.11. The van der Waals surface area contributed by atoms with Crippen molar-refractivity contribution in [3.05, 3.63) is 95.6 Å². The molecule has 0 atom stereocenters. The molecule has 0 aromatic heterocycles. The van der Waals surface area contributed by atoms with Crippen LogP contribution < -0.4 is 5.73 Å². The molecule has 0 heterocycles. The minimum absolute atomic E-state index is 0.373. The highest BCUT2D eigenvalue weighted by molar-refractivity contribution is 6.10. The topological polar surface area (TPSA) is 43.1 Å². The number of nitrogens with two attached hydrogens (primary N) is 1. The number of aryl methyl sites for hydroxylation is 2. The maximum atomic E-state index is 12.0. The summed E-state index contributed by atoms with van der Waals surface area (Å²) in [6.45, 7) is 0. The lowest BCUT2D eigenvalue weighted by Crippen LogP contribution is -2.12. The van der Waals surface area contributed by atoms with Gasteiger partial charge in [-0.15, -0.1) is 0 Å². The van der Waals surface area contributed by atoms with Gasteiger partial charge in [-0.05, 0) is 63.7 Å². The van der Waals surface area contributed by atoms with E-state index in [4.69, 9.17) is 5.73 Å². The summed E-state index contributed by atoms with van der Waals surface area (Å²) in [4.78, 5) is 12.0. The van der Waals surface area contributed by atoms with Crippen molar-refractivity contribution in [2.45, 2.75) is 12.8 Å². The molecule has 0 radical (unpaired) electrons. The summed E-state index contributed by atoms with van der Waals surface area (Å²) in [6, 6.07) is 26.9. The molecule has 4 aromatic rings. The van der Waals surface area contributed by atoms with Crippen molar-refractivity contribution in [1.82, 2.24) is 0 Å². The van der Waals surface area contributed by atoms with Gasteiger partial charge in [0.2, 0.25) is 5.91 Å². The zero-order chi connectivity index (χ0) is 17.2. The number of benzene rings is 4. The summed E-state index contributed by atoms with van der Waals surface area (Å²) in [5.41, 5.74) is 8.70. The fourth-order valence-corrected chi connectivity index (χ4v) is 3.40. The fourth-order valence-electron chi connectivity index (χ4n) is 3.40. The van der Waals surface area contributed by atoms with E-state index in [-0.39, 0.29) is 5.91 Å². The van der Waals surface area contributed by atoms with Crippen LogP contribution in [0, 0.1) is 0 Å². The summed E-state index contributed by atoms with van der Waals surface area (Å²) in [5, 5.41) is 4.29. The van der Waals surface area contributed by atoms with Crippen LogP contribution in [-0.4, -0.2) is 5.91 Å². The van der Waals surface area contributed by atoms with Gasteiger partial charge in [-0.1, -0.05) is 60.7 Å². The van der Waals surface area contributed by atoms with Crippen molar-refractivity contribution in [2.75, 3.05) is 0 Å². The number of hydrogen-bond acceptors (Lipinski definition) is 1. The number of carbonyl (C=O) groups excluding carboxylic acids is 1. The molecule has 4 rings (SSSR count). The lowest BCUT2D eigenvalue weighted by molar-refractivity contribution is 0.100. The first kappa shape index (κ1) is 15.4. The van der Waals surface area contributed by atoms with Crippen molar-refractivity contribution >= 4 is 27.5 Å². The summed E-state index contributed by atoms with van der Waals surface area (Å²) >= 11 is 0. The smallest absolute Gasteiger partial charge is 0.249 e. The third-order valence-corrected chi connectivity index (χ3v) is 4.69. The molecule has 122 valence electrons. The second kappa shape index (κ2) is 6.40. The van der Waals surface area contributed by atoms with Crippen LogP contribution >= 0.6 is 0 Å². The SMILES string of the molecule is NC(=O)c1cc(CCc2ccccc2)cc2cc3ccccc3cc12. The quantitative estimate of drug-likeness (QED) is 0.534. The first-order valence-electron chi connectivity index (χ1n) is 8.50. The van der Waals surface area contributed by atoms with Gasteiger partial charge in [0.15, 0.2) is 0 Å². The van der Waals surface area contributed by atoms with E-state index in [1.54, 1.807) is 0 Å². The minimum Gasteiger partial charge on any atom is -0.366 e. The van der Waals surface area contributed by atoms with Crippen LogP contribution in [0.25, 0.3) is 21.5 Å². The zero-order valence-electron chi connectivity index (χ0n) is 13.9. The average Bonchev–Trinajstić information content (AvgIpc) is 2.64. The maximum Gasteiger partial charge on any atom is 0.249 e. The first-order chi connectivity index (χ1) is 12.2. The standard InChI is InChI=1S/C23H19NO/c24-23(25)22-13-17(11-10-16-6-2-1-3-7-16)12-20-14-18-8-4-5-9-19(18)15-21(20)22/h1-9,12-15H,10-11H2,(H2,24,25).